The Morgan fingerprint density at radius 2 is 2.15 bits per heavy atom. The first-order valence-corrected chi connectivity index (χ1v) is 7.58. The van der Waals surface area contributed by atoms with E-state index < -0.39 is 0 Å². The highest BCUT2D eigenvalue weighted by Crippen LogP contribution is 2.23. The molecule has 0 bridgehead atoms. The van der Waals surface area contributed by atoms with Crippen LogP contribution in [0.15, 0.2) is 35.8 Å². The maximum Gasteiger partial charge on any atom is 0.224 e. The molecular weight excluding hydrogens is 270 g/mol. The molecule has 0 saturated heterocycles. The summed E-state index contributed by atoms with van der Waals surface area (Å²) in [5.41, 5.74) is 7.54. The molecule has 1 unspecified atom stereocenters. The number of carbonyl (C=O) groups is 1. The summed E-state index contributed by atoms with van der Waals surface area (Å²) >= 11 is 1.60. The Morgan fingerprint density at radius 3 is 2.75 bits per heavy atom. The quantitative estimate of drug-likeness (QED) is 0.857. The molecule has 4 nitrogen and oxygen atoms in total. The van der Waals surface area contributed by atoms with E-state index in [-0.39, 0.29) is 11.9 Å². The number of anilines is 1. The molecule has 1 amide bonds. The van der Waals surface area contributed by atoms with Crippen molar-refractivity contribution in [1.82, 2.24) is 4.98 Å². The van der Waals surface area contributed by atoms with Crippen molar-refractivity contribution in [3.05, 3.63) is 35.8 Å². The van der Waals surface area contributed by atoms with Crippen LogP contribution in [0.2, 0.25) is 0 Å². The molecule has 0 aliphatic carbocycles. The number of amides is 1. The van der Waals surface area contributed by atoms with Crippen molar-refractivity contribution in [2.75, 3.05) is 5.32 Å². The summed E-state index contributed by atoms with van der Waals surface area (Å²) in [6, 6.07) is 7.90. The lowest BCUT2D eigenvalue weighted by Gasteiger charge is -2.07. The Bertz CT molecular complexity index is 535. The number of nitrogens with one attached hydrogen (secondary N) is 1. The van der Waals surface area contributed by atoms with E-state index >= 15 is 0 Å². The van der Waals surface area contributed by atoms with Gasteiger partial charge in [0.1, 0.15) is 5.01 Å². The fourth-order valence-electron chi connectivity index (χ4n) is 1.87. The van der Waals surface area contributed by atoms with Gasteiger partial charge in [-0.25, -0.2) is 4.98 Å². The first-order valence-electron chi connectivity index (χ1n) is 6.70. The highest BCUT2D eigenvalue weighted by atomic mass is 32.1. The van der Waals surface area contributed by atoms with Crippen molar-refractivity contribution in [2.45, 2.75) is 32.2 Å². The van der Waals surface area contributed by atoms with E-state index in [0.717, 1.165) is 29.1 Å². The monoisotopic (exact) mass is 289 g/mol. The molecule has 106 valence electrons. The molecule has 1 heterocycles. The van der Waals surface area contributed by atoms with Gasteiger partial charge in [0, 0.05) is 35.3 Å². The van der Waals surface area contributed by atoms with Gasteiger partial charge in [0.2, 0.25) is 5.91 Å². The molecule has 0 radical (unpaired) electrons. The molecule has 0 aliphatic rings. The van der Waals surface area contributed by atoms with Gasteiger partial charge in [-0.3, -0.25) is 4.79 Å². The second-order valence-electron chi connectivity index (χ2n) is 4.83. The van der Waals surface area contributed by atoms with Crippen LogP contribution in [0.4, 0.5) is 5.69 Å². The zero-order valence-corrected chi connectivity index (χ0v) is 12.3. The maximum atomic E-state index is 11.7. The lowest BCUT2D eigenvalue weighted by Crippen LogP contribution is -2.16. The van der Waals surface area contributed by atoms with Crippen molar-refractivity contribution in [1.29, 1.82) is 0 Å². The van der Waals surface area contributed by atoms with Crippen LogP contribution in [-0.2, 0) is 4.79 Å². The summed E-state index contributed by atoms with van der Waals surface area (Å²) in [6.45, 7) is 1.95. The van der Waals surface area contributed by atoms with Crippen molar-refractivity contribution < 1.29 is 4.79 Å². The molecule has 0 fully saturated rings. The minimum Gasteiger partial charge on any atom is -0.328 e. The molecule has 0 aliphatic heterocycles. The van der Waals surface area contributed by atoms with Crippen LogP contribution >= 0.6 is 11.3 Å². The SMILES string of the molecule is CC(N)CCCC(=O)Nc1ccc(-c2nccs2)cc1. The van der Waals surface area contributed by atoms with Crippen LogP contribution in [0.1, 0.15) is 26.2 Å². The van der Waals surface area contributed by atoms with Crippen LogP contribution in [0.25, 0.3) is 10.6 Å². The Balaban J connectivity index is 1.86. The maximum absolute atomic E-state index is 11.7. The molecule has 1 aromatic carbocycles. The Kier molecular flexibility index (Phi) is 5.26. The molecule has 1 atom stereocenters. The van der Waals surface area contributed by atoms with E-state index in [4.69, 9.17) is 5.73 Å². The van der Waals surface area contributed by atoms with Crippen molar-refractivity contribution >= 4 is 22.9 Å². The number of hydrogen-bond donors (Lipinski definition) is 2. The summed E-state index contributed by atoms with van der Waals surface area (Å²) in [4.78, 5) is 16.0. The average molecular weight is 289 g/mol. The van der Waals surface area contributed by atoms with E-state index in [9.17, 15) is 4.79 Å². The summed E-state index contributed by atoms with van der Waals surface area (Å²) in [5.74, 6) is 0.0349. The second kappa shape index (κ2) is 7.17. The molecule has 2 aromatic rings. The van der Waals surface area contributed by atoms with E-state index in [1.54, 1.807) is 17.5 Å². The fourth-order valence-corrected chi connectivity index (χ4v) is 2.51. The average Bonchev–Trinajstić information content (AvgIpc) is 2.93. The van der Waals surface area contributed by atoms with Gasteiger partial charge in [0.05, 0.1) is 0 Å². The fraction of sp³-hybridized carbons (Fsp3) is 0.333. The van der Waals surface area contributed by atoms with Crippen molar-refractivity contribution in [2.24, 2.45) is 5.73 Å². The number of benzene rings is 1. The van der Waals surface area contributed by atoms with Gasteiger partial charge in [0.15, 0.2) is 0 Å². The van der Waals surface area contributed by atoms with Gasteiger partial charge in [-0.1, -0.05) is 0 Å². The van der Waals surface area contributed by atoms with Crippen LogP contribution < -0.4 is 11.1 Å². The Morgan fingerprint density at radius 1 is 1.40 bits per heavy atom. The zero-order valence-electron chi connectivity index (χ0n) is 11.5. The third-order valence-corrected chi connectivity index (χ3v) is 3.73. The Hall–Kier alpha value is -1.72. The molecule has 1 aromatic heterocycles. The van der Waals surface area contributed by atoms with Crippen LogP contribution in [0.5, 0.6) is 0 Å². The van der Waals surface area contributed by atoms with Gasteiger partial charge in [-0.15, -0.1) is 11.3 Å². The number of nitrogens with two attached hydrogens (primary N) is 1. The minimum absolute atomic E-state index is 0.0349. The van der Waals surface area contributed by atoms with E-state index in [1.807, 2.05) is 36.6 Å². The van der Waals surface area contributed by atoms with Gasteiger partial charge in [-0.2, -0.15) is 0 Å². The number of nitrogens with zero attached hydrogens (tertiary/aromatic N) is 1. The highest BCUT2D eigenvalue weighted by Gasteiger charge is 2.04. The lowest BCUT2D eigenvalue weighted by molar-refractivity contribution is -0.116. The Labute approximate surface area is 123 Å². The van der Waals surface area contributed by atoms with Crippen molar-refractivity contribution in [3.8, 4) is 10.6 Å². The minimum atomic E-state index is 0.0349. The largest absolute Gasteiger partial charge is 0.328 e. The number of thiazole rings is 1. The molecule has 3 N–H and O–H groups in total. The molecule has 2 rings (SSSR count). The summed E-state index contributed by atoms with van der Waals surface area (Å²) in [7, 11) is 0. The predicted molar refractivity (Wildman–Crippen MR) is 83.7 cm³/mol. The van der Waals surface area contributed by atoms with Gasteiger partial charge in [0.25, 0.3) is 0 Å². The van der Waals surface area contributed by atoms with Crippen LogP contribution in [0.3, 0.4) is 0 Å². The van der Waals surface area contributed by atoms with Gasteiger partial charge < -0.3 is 11.1 Å². The first-order chi connectivity index (χ1) is 9.65. The molecule has 0 spiro atoms. The molecular formula is C15H19N3OS. The second-order valence-corrected chi connectivity index (χ2v) is 5.73. The van der Waals surface area contributed by atoms with Crippen molar-refractivity contribution in [3.63, 3.8) is 0 Å². The van der Waals surface area contributed by atoms with E-state index in [0.29, 0.717) is 6.42 Å². The van der Waals surface area contributed by atoms with E-state index in [2.05, 4.69) is 10.3 Å². The zero-order chi connectivity index (χ0) is 14.4. The highest BCUT2D eigenvalue weighted by molar-refractivity contribution is 7.13. The molecule has 0 saturated carbocycles. The smallest absolute Gasteiger partial charge is 0.224 e. The van der Waals surface area contributed by atoms with Gasteiger partial charge >= 0.3 is 0 Å². The third kappa shape index (κ3) is 4.43. The van der Waals surface area contributed by atoms with Crippen LogP contribution in [0, 0.1) is 0 Å². The topological polar surface area (TPSA) is 68.0 Å². The summed E-state index contributed by atoms with van der Waals surface area (Å²) in [5, 5.41) is 5.83. The summed E-state index contributed by atoms with van der Waals surface area (Å²) in [6.07, 6.45) is 3.99. The van der Waals surface area contributed by atoms with E-state index in [1.165, 1.54) is 0 Å². The normalized spacial score (nSPS) is 12.1. The lowest BCUT2D eigenvalue weighted by atomic mass is 10.1. The number of rotatable bonds is 6. The predicted octanol–water partition coefficient (Wildman–Crippen LogP) is 3.27. The number of hydrogen-bond acceptors (Lipinski definition) is 4. The van der Waals surface area contributed by atoms with Gasteiger partial charge in [-0.05, 0) is 44.0 Å². The van der Waals surface area contributed by atoms with Crippen LogP contribution in [-0.4, -0.2) is 16.9 Å². The third-order valence-electron chi connectivity index (χ3n) is 2.91. The molecule has 20 heavy (non-hydrogen) atoms. The summed E-state index contributed by atoms with van der Waals surface area (Å²) < 4.78 is 0. The number of aromatic nitrogens is 1. The number of carbonyl (C=O) groups excluding carboxylic acids is 1. The molecule has 5 heteroatoms. The standard InChI is InChI=1S/C15H19N3OS/c1-11(16)3-2-4-14(19)18-13-7-5-12(6-8-13)15-17-9-10-20-15/h5-11H,2-4,16H2,1H3,(H,18,19). The first kappa shape index (κ1) is 14.7.